The number of imidazole rings is 1. The number of nitrogens with zero attached hydrogens (tertiary/aromatic N) is 5. The molecule has 4 heterocycles. The van der Waals surface area contributed by atoms with Gasteiger partial charge in [0.15, 0.2) is 0 Å². The zero-order valence-electron chi connectivity index (χ0n) is 19.1. The van der Waals surface area contributed by atoms with E-state index in [2.05, 4.69) is 34.2 Å². The number of amides is 1. The minimum absolute atomic E-state index is 0.0204. The molecule has 0 bridgehead atoms. The van der Waals surface area contributed by atoms with Crippen molar-refractivity contribution in [2.24, 2.45) is 7.05 Å². The average Bonchev–Trinajstić information content (AvgIpc) is 3.37. The molecule has 32 heavy (non-hydrogen) atoms. The van der Waals surface area contributed by atoms with Crippen LogP contribution in [0.25, 0.3) is 11.0 Å². The lowest BCUT2D eigenvalue weighted by molar-refractivity contribution is 0.198. The van der Waals surface area contributed by atoms with Crippen LogP contribution in [0, 0.1) is 0 Å². The van der Waals surface area contributed by atoms with E-state index in [1.807, 2.05) is 30.9 Å². The molecule has 1 saturated heterocycles. The van der Waals surface area contributed by atoms with Crippen LogP contribution in [-0.2, 0) is 19.9 Å². The van der Waals surface area contributed by atoms with Crippen LogP contribution >= 0.6 is 0 Å². The highest BCUT2D eigenvalue weighted by Crippen LogP contribution is 2.39. The average molecular weight is 437 g/mol. The second kappa shape index (κ2) is 8.24. The Bertz CT molecular complexity index is 1140. The standard InChI is InChI=1S/C24H32N6O2/c1-15(12-17-13-26-28(3)14-17)23-27-22-19-5-4-16(2)29(24(31)32)20(19)6-7-21(22)30(23)18-8-10-25-11-9-18/h6-7,13-16,18,25H,4-5,8-12H2,1-3H3,(H,31,32)/t15-,16-/m0/s1. The van der Waals surface area contributed by atoms with Gasteiger partial charge in [0.05, 0.1) is 22.9 Å². The fraction of sp³-hybridized carbons (Fsp3) is 0.542. The molecule has 170 valence electrons. The molecule has 2 atom stereocenters. The Kier molecular flexibility index (Phi) is 5.41. The van der Waals surface area contributed by atoms with Crippen molar-refractivity contribution in [3.05, 3.63) is 41.5 Å². The molecule has 2 aliphatic heterocycles. The first kappa shape index (κ1) is 21.0. The Morgan fingerprint density at radius 3 is 2.75 bits per heavy atom. The van der Waals surface area contributed by atoms with Gasteiger partial charge in [-0.1, -0.05) is 6.92 Å². The number of hydrogen-bond donors (Lipinski definition) is 2. The van der Waals surface area contributed by atoms with E-state index in [4.69, 9.17) is 4.98 Å². The van der Waals surface area contributed by atoms with Crippen molar-refractivity contribution in [1.82, 2.24) is 24.6 Å². The van der Waals surface area contributed by atoms with Crippen LogP contribution < -0.4 is 10.2 Å². The molecular formula is C24H32N6O2. The van der Waals surface area contributed by atoms with E-state index in [-0.39, 0.29) is 12.0 Å². The Hall–Kier alpha value is -2.87. The van der Waals surface area contributed by atoms with Crippen LogP contribution in [0.2, 0.25) is 0 Å². The number of fused-ring (bicyclic) bond motifs is 3. The van der Waals surface area contributed by atoms with Crippen molar-refractivity contribution >= 4 is 22.8 Å². The molecule has 2 N–H and O–H groups in total. The predicted octanol–water partition coefficient (Wildman–Crippen LogP) is 3.86. The fourth-order valence-electron chi connectivity index (χ4n) is 5.53. The summed E-state index contributed by atoms with van der Waals surface area (Å²) in [6, 6.07) is 4.48. The second-order valence-electron chi connectivity index (χ2n) is 9.42. The van der Waals surface area contributed by atoms with Gasteiger partial charge in [-0.25, -0.2) is 9.78 Å². The van der Waals surface area contributed by atoms with E-state index < -0.39 is 6.09 Å². The van der Waals surface area contributed by atoms with Gasteiger partial charge in [-0.05, 0) is 69.8 Å². The molecule has 1 fully saturated rings. The Morgan fingerprint density at radius 2 is 2.06 bits per heavy atom. The largest absolute Gasteiger partial charge is 0.465 e. The molecule has 0 spiro atoms. The maximum Gasteiger partial charge on any atom is 0.412 e. The maximum absolute atomic E-state index is 12.0. The Morgan fingerprint density at radius 1 is 1.28 bits per heavy atom. The zero-order chi connectivity index (χ0) is 22.4. The van der Waals surface area contributed by atoms with Crippen LogP contribution in [0.1, 0.15) is 62.0 Å². The van der Waals surface area contributed by atoms with Gasteiger partial charge in [0.1, 0.15) is 5.82 Å². The first-order valence-electron chi connectivity index (χ1n) is 11.7. The quantitative estimate of drug-likeness (QED) is 0.648. The van der Waals surface area contributed by atoms with Crippen molar-refractivity contribution in [2.45, 2.75) is 64.0 Å². The molecule has 3 aromatic rings. The molecule has 1 amide bonds. The number of benzene rings is 1. The second-order valence-corrected chi connectivity index (χ2v) is 9.42. The lowest BCUT2D eigenvalue weighted by Crippen LogP contribution is -2.41. The summed E-state index contributed by atoms with van der Waals surface area (Å²) in [6.45, 7) is 6.24. The smallest absolute Gasteiger partial charge is 0.412 e. The normalized spacial score (nSPS) is 20.5. The Balaban J connectivity index is 1.64. The summed E-state index contributed by atoms with van der Waals surface area (Å²) in [6.07, 6.45) is 7.82. The van der Waals surface area contributed by atoms with Gasteiger partial charge in [-0.3, -0.25) is 9.58 Å². The molecule has 0 aliphatic carbocycles. The highest BCUT2D eigenvalue weighted by Gasteiger charge is 2.32. The van der Waals surface area contributed by atoms with Gasteiger partial charge in [0.2, 0.25) is 0 Å². The molecule has 8 heteroatoms. The van der Waals surface area contributed by atoms with Crippen molar-refractivity contribution in [1.29, 1.82) is 0 Å². The summed E-state index contributed by atoms with van der Waals surface area (Å²) in [7, 11) is 1.94. The molecule has 0 radical (unpaired) electrons. The molecule has 0 saturated carbocycles. The topological polar surface area (TPSA) is 88.2 Å². The van der Waals surface area contributed by atoms with Crippen molar-refractivity contribution in [2.75, 3.05) is 18.0 Å². The van der Waals surface area contributed by atoms with Crippen molar-refractivity contribution in [3.63, 3.8) is 0 Å². The third-order valence-corrected chi connectivity index (χ3v) is 7.10. The molecule has 1 aromatic carbocycles. The zero-order valence-corrected chi connectivity index (χ0v) is 19.1. The lowest BCUT2D eigenvalue weighted by Gasteiger charge is -2.33. The number of piperidine rings is 1. The van der Waals surface area contributed by atoms with E-state index >= 15 is 0 Å². The third kappa shape index (κ3) is 3.56. The van der Waals surface area contributed by atoms with Gasteiger partial charge in [-0.15, -0.1) is 0 Å². The molecule has 2 aliphatic rings. The van der Waals surface area contributed by atoms with Gasteiger partial charge < -0.3 is 15.0 Å². The summed E-state index contributed by atoms with van der Waals surface area (Å²) in [5.41, 5.74) is 5.20. The third-order valence-electron chi connectivity index (χ3n) is 7.10. The number of carbonyl (C=O) groups is 1. The molecule has 2 aromatic heterocycles. The highest BCUT2D eigenvalue weighted by atomic mass is 16.4. The Labute approximate surface area is 188 Å². The highest BCUT2D eigenvalue weighted by molar-refractivity contribution is 5.94. The minimum atomic E-state index is -0.888. The molecular weight excluding hydrogens is 404 g/mol. The van der Waals surface area contributed by atoms with Crippen molar-refractivity contribution < 1.29 is 9.90 Å². The van der Waals surface area contributed by atoms with Crippen LogP contribution in [-0.4, -0.2) is 49.7 Å². The van der Waals surface area contributed by atoms with Crippen LogP contribution in [0.5, 0.6) is 0 Å². The SMILES string of the molecule is C[C@@H](Cc1cnn(C)c1)c1nc2c3c(ccc2n1C1CCNCC1)N(C(=O)O)[C@@H](C)CC3. The summed E-state index contributed by atoms with van der Waals surface area (Å²) in [4.78, 5) is 18.7. The molecule has 0 unspecified atom stereocenters. The van der Waals surface area contributed by atoms with Crippen LogP contribution in [0.15, 0.2) is 24.5 Å². The predicted molar refractivity (Wildman–Crippen MR) is 124 cm³/mol. The van der Waals surface area contributed by atoms with E-state index in [0.717, 1.165) is 73.3 Å². The number of anilines is 1. The van der Waals surface area contributed by atoms with Crippen molar-refractivity contribution in [3.8, 4) is 0 Å². The maximum atomic E-state index is 12.0. The number of nitrogens with one attached hydrogen (secondary N) is 1. The first-order valence-corrected chi connectivity index (χ1v) is 11.7. The number of hydrogen-bond acceptors (Lipinski definition) is 4. The van der Waals surface area contributed by atoms with Gasteiger partial charge in [0.25, 0.3) is 0 Å². The summed E-state index contributed by atoms with van der Waals surface area (Å²) >= 11 is 0. The number of carboxylic acid groups (broad SMARTS) is 1. The number of aromatic nitrogens is 4. The summed E-state index contributed by atoms with van der Waals surface area (Å²) < 4.78 is 4.30. The summed E-state index contributed by atoms with van der Waals surface area (Å²) in [5.74, 6) is 1.33. The van der Waals surface area contributed by atoms with E-state index in [0.29, 0.717) is 6.04 Å². The van der Waals surface area contributed by atoms with Gasteiger partial charge in [-0.2, -0.15) is 5.10 Å². The monoisotopic (exact) mass is 436 g/mol. The van der Waals surface area contributed by atoms with E-state index in [1.165, 1.54) is 10.5 Å². The molecule has 5 rings (SSSR count). The van der Waals surface area contributed by atoms with E-state index in [1.54, 1.807) is 0 Å². The number of rotatable bonds is 4. The molecule has 8 nitrogen and oxygen atoms in total. The van der Waals surface area contributed by atoms with Gasteiger partial charge in [0, 0.05) is 36.8 Å². The number of aryl methyl sites for hydroxylation is 2. The fourth-order valence-corrected chi connectivity index (χ4v) is 5.53. The summed E-state index contributed by atoms with van der Waals surface area (Å²) in [5, 5.41) is 17.6. The van der Waals surface area contributed by atoms with Gasteiger partial charge >= 0.3 is 6.09 Å². The van der Waals surface area contributed by atoms with E-state index in [9.17, 15) is 9.90 Å². The minimum Gasteiger partial charge on any atom is -0.465 e. The first-order chi connectivity index (χ1) is 15.4. The van der Waals surface area contributed by atoms with Crippen LogP contribution in [0.4, 0.5) is 10.5 Å². The van der Waals surface area contributed by atoms with Crippen LogP contribution in [0.3, 0.4) is 0 Å². The lowest BCUT2D eigenvalue weighted by atomic mass is 9.95.